The smallest absolute Gasteiger partial charge is 0.0699 e. The largest absolute Gasteiger partial charge is 0.249 e. The maximum Gasteiger partial charge on any atom is 0.0699 e. The Morgan fingerprint density at radius 2 is 1.92 bits per heavy atom. The molecule has 12 heavy (non-hydrogen) atoms. The van der Waals surface area contributed by atoms with Gasteiger partial charge in [-0.3, -0.25) is 0 Å². The van der Waals surface area contributed by atoms with Gasteiger partial charge in [-0.2, -0.15) is 0 Å². The Morgan fingerprint density at radius 1 is 1.33 bits per heavy atom. The standard InChI is InChI=1S/C9H13NOS/c1-7-4-5-8(2)9(6-7)12(3,10)11/h4-6,10H,1-3H3/t12-/m1/s1. The van der Waals surface area contributed by atoms with Gasteiger partial charge in [0.05, 0.1) is 14.6 Å². The lowest BCUT2D eigenvalue weighted by molar-refractivity contribution is 0.678. The summed E-state index contributed by atoms with van der Waals surface area (Å²) >= 11 is 0. The molecule has 0 saturated heterocycles. The summed E-state index contributed by atoms with van der Waals surface area (Å²) in [6, 6.07) is 5.69. The van der Waals surface area contributed by atoms with Crippen molar-refractivity contribution in [3.63, 3.8) is 0 Å². The number of benzene rings is 1. The molecule has 0 saturated carbocycles. The average molecular weight is 183 g/mol. The normalized spacial score (nSPS) is 15.6. The maximum atomic E-state index is 11.4. The van der Waals surface area contributed by atoms with Crippen LogP contribution >= 0.6 is 0 Å². The van der Waals surface area contributed by atoms with E-state index in [1.54, 1.807) is 0 Å². The van der Waals surface area contributed by atoms with Crippen molar-refractivity contribution in [1.82, 2.24) is 0 Å². The quantitative estimate of drug-likeness (QED) is 0.713. The molecule has 1 rings (SSSR count). The van der Waals surface area contributed by atoms with Gasteiger partial charge in [0.15, 0.2) is 0 Å². The van der Waals surface area contributed by atoms with Crippen LogP contribution < -0.4 is 0 Å². The lowest BCUT2D eigenvalue weighted by Gasteiger charge is -2.05. The fraction of sp³-hybridized carbons (Fsp3) is 0.333. The first-order chi connectivity index (χ1) is 5.41. The van der Waals surface area contributed by atoms with Crippen LogP contribution in [0.2, 0.25) is 0 Å². The highest BCUT2D eigenvalue weighted by Crippen LogP contribution is 2.16. The van der Waals surface area contributed by atoms with E-state index in [-0.39, 0.29) is 0 Å². The molecule has 0 aromatic heterocycles. The average Bonchev–Trinajstić information content (AvgIpc) is 1.92. The Bertz CT molecular complexity index is 393. The van der Waals surface area contributed by atoms with Crippen LogP contribution in [0.3, 0.4) is 0 Å². The highest BCUT2D eigenvalue weighted by molar-refractivity contribution is 7.91. The van der Waals surface area contributed by atoms with Gasteiger partial charge in [-0.1, -0.05) is 12.1 Å². The zero-order chi connectivity index (χ0) is 9.35. The summed E-state index contributed by atoms with van der Waals surface area (Å²) in [6.45, 7) is 3.82. The highest BCUT2D eigenvalue weighted by atomic mass is 32.2. The summed E-state index contributed by atoms with van der Waals surface area (Å²) in [5, 5.41) is 0. The molecule has 0 spiro atoms. The number of aryl methyl sites for hydroxylation is 2. The molecule has 0 radical (unpaired) electrons. The van der Waals surface area contributed by atoms with Crippen LogP contribution in [-0.4, -0.2) is 10.5 Å². The lowest BCUT2D eigenvalue weighted by Crippen LogP contribution is -1.98. The van der Waals surface area contributed by atoms with Gasteiger partial charge in [0.1, 0.15) is 0 Å². The van der Waals surface area contributed by atoms with Crippen LogP contribution in [0.15, 0.2) is 23.1 Å². The summed E-state index contributed by atoms with van der Waals surface area (Å²) in [6.07, 6.45) is 1.45. The molecule has 2 nitrogen and oxygen atoms in total. The van der Waals surface area contributed by atoms with E-state index in [2.05, 4.69) is 0 Å². The molecule has 1 aromatic rings. The summed E-state index contributed by atoms with van der Waals surface area (Å²) in [7, 11) is -2.56. The van der Waals surface area contributed by atoms with E-state index in [0.29, 0.717) is 4.90 Å². The van der Waals surface area contributed by atoms with Crippen molar-refractivity contribution in [2.45, 2.75) is 18.7 Å². The summed E-state index contributed by atoms with van der Waals surface area (Å²) < 4.78 is 18.9. The van der Waals surface area contributed by atoms with Gasteiger partial charge in [0.2, 0.25) is 0 Å². The molecule has 1 N–H and O–H groups in total. The van der Waals surface area contributed by atoms with E-state index in [9.17, 15) is 4.21 Å². The van der Waals surface area contributed by atoms with Gasteiger partial charge in [0.25, 0.3) is 0 Å². The minimum Gasteiger partial charge on any atom is -0.249 e. The molecule has 0 amide bonds. The highest BCUT2D eigenvalue weighted by Gasteiger charge is 2.06. The third-order valence-electron chi connectivity index (χ3n) is 1.76. The number of hydrogen-bond donors (Lipinski definition) is 1. The Balaban J connectivity index is 3.43. The summed E-state index contributed by atoms with van der Waals surface area (Å²) in [5.41, 5.74) is 1.99. The van der Waals surface area contributed by atoms with Gasteiger partial charge in [0, 0.05) is 6.26 Å². The molecule has 3 heteroatoms. The minimum atomic E-state index is -2.56. The monoisotopic (exact) mass is 183 g/mol. The van der Waals surface area contributed by atoms with Gasteiger partial charge in [-0.15, -0.1) is 0 Å². The van der Waals surface area contributed by atoms with Crippen molar-refractivity contribution < 1.29 is 4.21 Å². The lowest BCUT2D eigenvalue weighted by atomic mass is 10.2. The van der Waals surface area contributed by atoms with E-state index in [4.69, 9.17) is 4.78 Å². The first-order valence-electron chi connectivity index (χ1n) is 3.72. The van der Waals surface area contributed by atoms with E-state index >= 15 is 0 Å². The molecule has 0 bridgehead atoms. The Hall–Kier alpha value is -0.830. The van der Waals surface area contributed by atoms with Crippen LogP contribution in [-0.2, 0) is 9.73 Å². The predicted molar refractivity (Wildman–Crippen MR) is 51.0 cm³/mol. The van der Waals surface area contributed by atoms with Crippen molar-refractivity contribution >= 4 is 9.73 Å². The van der Waals surface area contributed by atoms with Gasteiger partial charge in [-0.05, 0) is 31.0 Å². The fourth-order valence-electron chi connectivity index (χ4n) is 1.13. The third-order valence-corrected chi connectivity index (χ3v) is 3.04. The van der Waals surface area contributed by atoms with Crippen molar-refractivity contribution in [3.8, 4) is 0 Å². The van der Waals surface area contributed by atoms with E-state index < -0.39 is 9.73 Å². The van der Waals surface area contributed by atoms with E-state index in [0.717, 1.165) is 11.1 Å². The molecule has 0 aliphatic rings. The zero-order valence-electron chi connectivity index (χ0n) is 7.55. The van der Waals surface area contributed by atoms with Crippen LogP contribution in [0.1, 0.15) is 11.1 Å². The van der Waals surface area contributed by atoms with E-state index in [1.807, 2.05) is 32.0 Å². The van der Waals surface area contributed by atoms with Crippen molar-refractivity contribution in [3.05, 3.63) is 29.3 Å². The van der Waals surface area contributed by atoms with Gasteiger partial charge >= 0.3 is 0 Å². The van der Waals surface area contributed by atoms with Gasteiger partial charge in [-0.25, -0.2) is 8.99 Å². The van der Waals surface area contributed by atoms with Crippen LogP contribution in [0, 0.1) is 18.6 Å². The van der Waals surface area contributed by atoms with Crippen LogP contribution in [0.25, 0.3) is 0 Å². The topological polar surface area (TPSA) is 40.9 Å². The summed E-state index contributed by atoms with van der Waals surface area (Å²) in [4.78, 5) is 0.655. The Labute approximate surface area is 73.6 Å². The molecular weight excluding hydrogens is 170 g/mol. The van der Waals surface area contributed by atoms with Crippen LogP contribution in [0.5, 0.6) is 0 Å². The fourth-order valence-corrected chi connectivity index (χ4v) is 2.22. The van der Waals surface area contributed by atoms with E-state index in [1.165, 1.54) is 6.26 Å². The second-order valence-electron chi connectivity index (χ2n) is 3.11. The Kier molecular flexibility index (Phi) is 2.24. The minimum absolute atomic E-state index is 0.655. The molecule has 0 heterocycles. The first-order valence-corrected chi connectivity index (χ1v) is 5.69. The molecule has 66 valence electrons. The number of rotatable bonds is 1. The molecule has 1 aromatic carbocycles. The molecule has 0 fully saturated rings. The second-order valence-corrected chi connectivity index (χ2v) is 5.24. The second kappa shape index (κ2) is 2.90. The van der Waals surface area contributed by atoms with Gasteiger partial charge < -0.3 is 0 Å². The van der Waals surface area contributed by atoms with Crippen LogP contribution in [0.4, 0.5) is 0 Å². The molecule has 0 aliphatic carbocycles. The SMILES string of the molecule is Cc1ccc(C)c([S@](C)(=N)=O)c1. The molecule has 0 unspecified atom stereocenters. The van der Waals surface area contributed by atoms with Crippen molar-refractivity contribution in [1.29, 1.82) is 4.78 Å². The zero-order valence-corrected chi connectivity index (χ0v) is 8.37. The van der Waals surface area contributed by atoms with Crippen molar-refractivity contribution in [2.24, 2.45) is 0 Å². The first kappa shape index (κ1) is 9.26. The Morgan fingerprint density at radius 3 is 2.33 bits per heavy atom. The third kappa shape index (κ3) is 1.85. The van der Waals surface area contributed by atoms with Crippen molar-refractivity contribution in [2.75, 3.05) is 6.26 Å². The molecule has 1 atom stereocenters. The maximum absolute atomic E-state index is 11.4. The predicted octanol–water partition coefficient (Wildman–Crippen LogP) is 2.34. The molecule has 0 aliphatic heterocycles. The number of nitrogens with one attached hydrogen (secondary N) is 1. The molecular formula is C9H13NOS. The summed E-state index contributed by atoms with van der Waals surface area (Å²) in [5.74, 6) is 0. The number of hydrogen-bond acceptors (Lipinski definition) is 2.